The van der Waals surface area contributed by atoms with Crippen LogP contribution < -0.4 is 0 Å². The van der Waals surface area contributed by atoms with Gasteiger partial charge < -0.3 is 5.11 Å². The Balaban J connectivity index is 0.000000292. The molecular formula is C7H9BrO2S. The molecule has 0 atom stereocenters. The molecule has 0 fully saturated rings. The number of hydrogen-bond donors (Lipinski definition) is 1. The van der Waals surface area contributed by atoms with Crippen LogP contribution in [0.3, 0.4) is 0 Å². The van der Waals surface area contributed by atoms with Gasteiger partial charge in [0.05, 0.1) is 0 Å². The van der Waals surface area contributed by atoms with Gasteiger partial charge in [0.1, 0.15) is 4.88 Å². The molecular weight excluding hydrogens is 228 g/mol. The molecule has 0 bridgehead atoms. The molecule has 0 unspecified atom stereocenters. The summed E-state index contributed by atoms with van der Waals surface area (Å²) in [5.74, 6) is -0.847. The van der Waals surface area contributed by atoms with Gasteiger partial charge in [-0.25, -0.2) is 4.79 Å². The van der Waals surface area contributed by atoms with E-state index in [1.165, 1.54) is 11.3 Å². The van der Waals surface area contributed by atoms with Crippen molar-refractivity contribution in [3.8, 4) is 0 Å². The summed E-state index contributed by atoms with van der Waals surface area (Å²) in [6.07, 6.45) is 0. The first-order valence-corrected chi connectivity index (χ1v) is 5.05. The Morgan fingerprint density at radius 2 is 2.36 bits per heavy atom. The Hall–Kier alpha value is -0.350. The fourth-order valence-corrected chi connectivity index (χ4v) is 0.962. The molecule has 62 valence electrons. The quantitative estimate of drug-likeness (QED) is 0.762. The van der Waals surface area contributed by atoms with Gasteiger partial charge in [-0.1, -0.05) is 28.9 Å². The summed E-state index contributed by atoms with van der Waals surface area (Å²) >= 11 is 4.38. The van der Waals surface area contributed by atoms with Crippen molar-refractivity contribution in [3.05, 3.63) is 22.4 Å². The molecule has 4 heteroatoms. The van der Waals surface area contributed by atoms with Crippen molar-refractivity contribution in [2.24, 2.45) is 0 Å². The molecule has 2 nitrogen and oxygen atoms in total. The van der Waals surface area contributed by atoms with Crippen LogP contribution in [-0.2, 0) is 0 Å². The van der Waals surface area contributed by atoms with Gasteiger partial charge in [0.2, 0.25) is 0 Å². The zero-order valence-electron chi connectivity index (χ0n) is 6.08. The number of carboxylic acids is 1. The second-order valence-corrected chi connectivity index (χ2v) is 3.62. The van der Waals surface area contributed by atoms with E-state index in [1.54, 1.807) is 17.5 Å². The van der Waals surface area contributed by atoms with Gasteiger partial charge in [-0.15, -0.1) is 11.3 Å². The zero-order valence-corrected chi connectivity index (χ0v) is 8.48. The van der Waals surface area contributed by atoms with Crippen LogP contribution in [0.2, 0.25) is 0 Å². The molecule has 11 heavy (non-hydrogen) atoms. The molecule has 1 rings (SSSR count). The first kappa shape index (κ1) is 10.7. The SMILES string of the molecule is CCBr.O=C(O)c1cccs1. The van der Waals surface area contributed by atoms with Crippen molar-refractivity contribution >= 4 is 33.2 Å². The minimum absolute atomic E-state index is 0.394. The normalized spacial score (nSPS) is 8.18. The Morgan fingerprint density at radius 1 is 1.82 bits per heavy atom. The van der Waals surface area contributed by atoms with Gasteiger partial charge >= 0.3 is 5.97 Å². The minimum Gasteiger partial charge on any atom is -0.477 e. The van der Waals surface area contributed by atoms with E-state index in [0.29, 0.717) is 4.88 Å². The van der Waals surface area contributed by atoms with Gasteiger partial charge in [-0.2, -0.15) is 0 Å². The van der Waals surface area contributed by atoms with Gasteiger partial charge in [0.25, 0.3) is 0 Å². The molecule has 0 aliphatic carbocycles. The number of aromatic carboxylic acids is 1. The van der Waals surface area contributed by atoms with E-state index in [4.69, 9.17) is 5.11 Å². The summed E-state index contributed by atoms with van der Waals surface area (Å²) in [5.41, 5.74) is 0. The van der Waals surface area contributed by atoms with Crippen molar-refractivity contribution in [2.45, 2.75) is 6.92 Å². The largest absolute Gasteiger partial charge is 0.477 e. The third-order valence-corrected chi connectivity index (χ3v) is 1.59. The topological polar surface area (TPSA) is 37.3 Å². The summed E-state index contributed by atoms with van der Waals surface area (Å²) in [4.78, 5) is 10.5. The molecule has 1 heterocycles. The highest BCUT2D eigenvalue weighted by molar-refractivity contribution is 9.09. The van der Waals surface area contributed by atoms with E-state index in [0.717, 1.165) is 5.33 Å². The standard InChI is InChI=1S/C5H4O2S.C2H5Br/c6-5(7)4-2-1-3-8-4;1-2-3/h1-3H,(H,6,7);2H2,1H3. The molecule has 0 radical (unpaired) electrons. The highest BCUT2D eigenvalue weighted by atomic mass is 79.9. The Kier molecular flexibility index (Phi) is 6.16. The average Bonchev–Trinajstić information content (AvgIpc) is 2.38. The summed E-state index contributed by atoms with van der Waals surface area (Å²) in [7, 11) is 0. The molecule has 0 aromatic carbocycles. The maximum atomic E-state index is 10.1. The number of thiophene rings is 1. The average molecular weight is 237 g/mol. The van der Waals surface area contributed by atoms with Crippen molar-refractivity contribution in [3.63, 3.8) is 0 Å². The minimum atomic E-state index is -0.847. The Morgan fingerprint density at radius 3 is 2.55 bits per heavy atom. The number of halogens is 1. The molecule has 0 spiro atoms. The van der Waals surface area contributed by atoms with Gasteiger partial charge in [-0.3, -0.25) is 0 Å². The van der Waals surface area contributed by atoms with E-state index < -0.39 is 5.97 Å². The lowest BCUT2D eigenvalue weighted by Gasteiger charge is -1.78. The number of hydrogen-bond acceptors (Lipinski definition) is 2. The molecule has 0 aliphatic heterocycles. The molecule has 0 amide bonds. The first-order valence-electron chi connectivity index (χ1n) is 3.05. The van der Waals surface area contributed by atoms with Crippen LogP contribution in [0.25, 0.3) is 0 Å². The lowest BCUT2D eigenvalue weighted by atomic mass is 10.5. The molecule has 0 saturated heterocycles. The summed E-state index contributed by atoms with van der Waals surface area (Å²) in [6.45, 7) is 2.04. The zero-order chi connectivity index (χ0) is 8.69. The third kappa shape index (κ3) is 4.98. The molecule has 1 aromatic rings. The maximum Gasteiger partial charge on any atom is 0.345 e. The van der Waals surface area contributed by atoms with E-state index in [1.807, 2.05) is 6.92 Å². The summed E-state index contributed by atoms with van der Waals surface area (Å²) < 4.78 is 0. The summed E-state index contributed by atoms with van der Waals surface area (Å²) in [5, 5.41) is 11.1. The fourth-order valence-electron chi connectivity index (χ4n) is 0.400. The predicted octanol–water partition coefficient (Wildman–Crippen LogP) is 2.85. The molecule has 1 N–H and O–H groups in total. The second-order valence-electron chi connectivity index (χ2n) is 1.55. The smallest absolute Gasteiger partial charge is 0.345 e. The number of carboxylic acid groups (broad SMARTS) is 1. The second kappa shape index (κ2) is 6.37. The highest BCUT2D eigenvalue weighted by Crippen LogP contribution is 2.06. The molecule has 0 aliphatic rings. The molecule has 1 aromatic heterocycles. The van der Waals surface area contributed by atoms with E-state index in [-0.39, 0.29) is 0 Å². The summed E-state index contributed by atoms with van der Waals surface area (Å²) in [6, 6.07) is 3.29. The van der Waals surface area contributed by atoms with Gasteiger partial charge in [0.15, 0.2) is 0 Å². The maximum absolute atomic E-state index is 10.1. The Bertz CT molecular complexity index is 196. The van der Waals surface area contributed by atoms with Crippen LogP contribution >= 0.6 is 27.3 Å². The Labute approximate surface area is 78.0 Å². The van der Waals surface area contributed by atoms with Crippen molar-refractivity contribution in [1.82, 2.24) is 0 Å². The van der Waals surface area contributed by atoms with Crippen LogP contribution in [0, 0.1) is 0 Å². The van der Waals surface area contributed by atoms with Gasteiger partial charge in [0, 0.05) is 5.33 Å². The lowest BCUT2D eigenvalue weighted by Crippen LogP contribution is -1.89. The van der Waals surface area contributed by atoms with E-state index in [2.05, 4.69) is 15.9 Å². The van der Waals surface area contributed by atoms with Crippen LogP contribution in [0.15, 0.2) is 17.5 Å². The van der Waals surface area contributed by atoms with Crippen molar-refractivity contribution in [1.29, 1.82) is 0 Å². The number of alkyl halides is 1. The lowest BCUT2D eigenvalue weighted by molar-refractivity contribution is 0.0702. The number of carbonyl (C=O) groups is 1. The molecule has 0 saturated carbocycles. The van der Waals surface area contributed by atoms with Crippen LogP contribution in [0.4, 0.5) is 0 Å². The van der Waals surface area contributed by atoms with Crippen LogP contribution in [0.5, 0.6) is 0 Å². The fraction of sp³-hybridized carbons (Fsp3) is 0.286. The third-order valence-electron chi connectivity index (χ3n) is 0.732. The van der Waals surface area contributed by atoms with E-state index >= 15 is 0 Å². The predicted molar refractivity (Wildman–Crippen MR) is 50.7 cm³/mol. The highest BCUT2D eigenvalue weighted by Gasteiger charge is 1.99. The monoisotopic (exact) mass is 236 g/mol. The van der Waals surface area contributed by atoms with E-state index in [9.17, 15) is 4.79 Å². The van der Waals surface area contributed by atoms with Crippen molar-refractivity contribution in [2.75, 3.05) is 5.33 Å². The van der Waals surface area contributed by atoms with Gasteiger partial charge in [-0.05, 0) is 11.4 Å². The first-order chi connectivity index (χ1) is 5.22. The number of rotatable bonds is 1. The van der Waals surface area contributed by atoms with Crippen LogP contribution in [0.1, 0.15) is 16.6 Å². The van der Waals surface area contributed by atoms with Crippen LogP contribution in [-0.4, -0.2) is 16.4 Å². The van der Waals surface area contributed by atoms with Crippen molar-refractivity contribution < 1.29 is 9.90 Å².